The van der Waals surface area contributed by atoms with Crippen LogP contribution in [0.4, 0.5) is 0 Å². The van der Waals surface area contributed by atoms with Gasteiger partial charge in [0.05, 0.1) is 0 Å². The Kier molecular flexibility index (Phi) is 3.87. The van der Waals surface area contributed by atoms with Gasteiger partial charge in [0.1, 0.15) is 0 Å². The topological polar surface area (TPSA) is 20.2 Å². The minimum atomic E-state index is 0.288. The van der Waals surface area contributed by atoms with E-state index in [9.17, 15) is 0 Å². The maximum Gasteiger partial charge on any atom is 0.0436 e. The van der Waals surface area contributed by atoms with Crippen molar-refractivity contribution in [2.45, 2.75) is 33.1 Å². The predicted molar refractivity (Wildman–Crippen MR) is 40.1 cm³/mol. The number of hydrogen-bond acceptors (Lipinski definition) is 1. The predicted octanol–water partition coefficient (Wildman–Crippen LogP) is 2.01. The second-order valence-corrected chi connectivity index (χ2v) is 3.24. The molecule has 0 amide bonds. The van der Waals surface area contributed by atoms with Crippen molar-refractivity contribution in [3.05, 3.63) is 6.92 Å². The lowest BCUT2D eigenvalue weighted by Crippen LogP contribution is -2.12. The second-order valence-electron chi connectivity index (χ2n) is 3.24. The number of hydrogen-bond donors (Lipinski definition) is 1. The summed E-state index contributed by atoms with van der Waals surface area (Å²) >= 11 is 0. The van der Waals surface area contributed by atoms with E-state index in [1.54, 1.807) is 0 Å². The van der Waals surface area contributed by atoms with Crippen LogP contribution in [0, 0.1) is 12.3 Å². The van der Waals surface area contributed by atoms with Crippen molar-refractivity contribution in [2.24, 2.45) is 5.41 Å². The van der Waals surface area contributed by atoms with Crippen LogP contribution in [0.3, 0.4) is 0 Å². The van der Waals surface area contributed by atoms with Crippen LogP contribution in [0.25, 0.3) is 0 Å². The summed E-state index contributed by atoms with van der Waals surface area (Å²) in [7, 11) is 0. The average Bonchev–Trinajstić information content (AvgIpc) is 1.64. The van der Waals surface area contributed by atoms with Crippen molar-refractivity contribution >= 4 is 0 Å². The van der Waals surface area contributed by atoms with Crippen LogP contribution < -0.4 is 0 Å². The van der Waals surface area contributed by atoms with Gasteiger partial charge in [-0.2, -0.15) is 0 Å². The highest BCUT2D eigenvalue weighted by atomic mass is 16.3. The van der Waals surface area contributed by atoms with Crippen molar-refractivity contribution in [1.82, 2.24) is 0 Å². The van der Waals surface area contributed by atoms with E-state index >= 15 is 0 Å². The van der Waals surface area contributed by atoms with E-state index in [4.69, 9.17) is 5.11 Å². The van der Waals surface area contributed by atoms with Gasteiger partial charge < -0.3 is 5.11 Å². The molecule has 0 aliphatic rings. The van der Waals surface area contributed by atoms with E-state index in [0.29, 0.717) is 6.61 Å². The molecule has 0 aromatic carbocycles. The summed E-state index contributed by atoms with van der Waals surface area (Å²) in [4.78, 5) is 0. The molecular formula is C8H17O. The molecular weight excluding hydrogens is 112 g/mol. The van der Waals surface area contributed by atoms with Gasteiger partial charge in [0.2, 0.25) is 0 Å². The fraction of sp³-hybridized carbons (Fsp3) is 0.875. The Hall–Kier alpha value is -0.0400. The Morgan fingerprint density at radius 3 is 2.22 bits per heavy atom. The molecule has 9 heavy (non-hydrogen) atoms. The minimum absolute atomic E-state index is 0.288. The van der Waals surface area contributed by atoms with Gasteiger partial charge >= 0.3 is 0 Å². The molecule has 0 bridgehead atoms. The Morgan fingerprint density at radius 1 is 1.33 bits per heavy atom. The zero-order valence-electron chi connectivity index (χ0n) is 6.48. The van der Waals surface area contributed by atoms with Gasteiger partial charge in [-0.1, -0.05) is 27.2 Å². The fourth-order valence-corrected chi connectivity index (χ4v) is 0.906. The summed E-state index contributed by atoms with van der Waals surface area (Å²) < 4.78 is 0. The molecule has 1 nitrogen and oxygen atoms in total. The van der Waals surface area contributed by atoms with Gasteiger partial charge in [-0.05, 0) is 18.3 Å². The zero-order valence-corrected chi connectivity index (χ0v) is 6.48. The summed E-state index contributed by atoms with van der Waals surface area (Å²) in [5.74, 6) is 0. The maximum absolute atomic E-state index is 8.61. The van der Waals surface area contributed by atoms with Gasteiger partial charge in [0, 0.05) is 6.61 Å². The molecule has 0 aliphatic heterocycles. The van der Waals surface area contributed by atoms with E-state index in [1.165, 1.54) is 0 Å². The van der Waals surface area contributed by atoms with Crippen LogP contribution in [-0.4, -0.2) is 11.7 Å². The molecule has 55 valence electrons. The molecule has 0 aromatic rings. The molecule has 0 aliphatic carbocycles. The molecule has 0 atom stereocenters. The highest BCUT2D eigenvalue weighted by Gasteiger charge is 2.14. The number of aliphatic hydroxyl groups excluding tert-OH is 1. The first kappa shape index (κ1) is 8.96. The third-order valence-corrected chi connectivity index (χ3v) is 1.64. The first-order valence-electron chi connectivity index (χ1n) is 3.52. The summed E-state index contributed by atoms with van der Waals surface area (Å²) in [5, 5.41) is 8.61. The first-order valence-corrected chi connectivity index (χ1v) is 3.52. The summed E-state index contributed by atoms with van der Waals surface area (Å²) in [6.07, 6.45) is 2.96. The molecule has 0 rings (SSSR count). The van der Waals surface area contributed by atoms with Gasteiger partial charge in [-0.3, -0.25) is 0 Å². The van der Waals surface area contributed by atoms with Crippen LogP contribution in [0.15, 0.2) is 0 Å². The highest BCUT2D eigenvalue weighted by Crippen LogP contribution is 2.25. The van der Waals surface area contributed by atoms with E-state index < -0.39 is 0 Å². The van der Waals surface area contributed by atoms with Gasteiger partial charge in [-0.15, -0.1) is 0 Å². The van der Waals surface area contributed by atoms with Crippen molar-refractivity contribution < 1.29 is 5.11 Å². The van der Waals surface area contributed by atoms with Crippen molar-refractivity contribution in [3.63, 3.8) is 0 Å². The lowest BCUT2D eigenvalue weighted by atomic mass is 9.85. The number of rotatable bonds is 4. The second kappa shape index (κ2) is 3.89. The Bertz CT molecular complexity index is 59.0. The molecule has 0 saturated heterocycles. The standard InChI is InChI=1S/C8H17O/c1-4-5-8(2,3)6-7-9/h9H,1,4-7H2,2-3H3. The van der Waals surface area contributed by atoms with Crippen LogP contribution in [0.2, 0.25) is 0 Å². The van der Waals surface area contributed by atoms with Crippen molar-refractivity contribution in [3.8, 4) is 0 Å². The molecule has 1 N–H and O–H groups in total. The minimum Gasteiger partial charge on any atom is -0.396 e. The molecule has 0 fully saturated rings. The Morgan fingerprint density at radius 2 is 1.89 bits per heavy atom. The third-order valence-electron chi connectivity index (χ3n) is 1.64. The van der Waals surface area contributed by atoms with Gasteiger partial charge in [-0.25, -0.2) is 0 Å². The van der Waals surface area contributed by atoms with Crippen molar-refractivity contribution in [2.75, 3.05) is 6.61 Å². The molecule has 0 spiro atoms. The lowest BCUT2D eigenvalue weighted by molar-refractivity contribution is 0.203. The van der Waals surface area contributed by atoms with Crippen LogP contribution in [0.5, 0.6) is 0 Å². The van der Waals surface area contributed by atoms with E-state index in [-0.39, 0.29) is 5.41 Å². The quantitative estimate of drug-likeness (QED) is 0.615. The Balaban J connectivity index is 3.43. The highest BCUT2D eigenvalue weighted by molar-refractivity contribution is 4.67. The van der Waals surface area contributed by atoms with E-state index in [1.807, 2.05) is 0 Å². The average molecular weight is 129 g/mol. The van der Waals surface area contributed by atoms with Gasteiger partial charge in [0.15, 0.2) is 0 Å². The zero-order chi connectivity index (χ0) is 7.33. The van der Waals surface area contributed by atoms with Crippen molar-refractivity contribution in [1.29, 1.82) is 0 Å². The first-order chi connectivity index (χ1) is 4.12. The normalized spacial score (nSPS) is 12.0. The van der Waals surface area contributed by atoms with E-state index in [0.717, 1.165) is 19.3 Å². The number of aliphatic hydroxyl groups is 1. The van der Waals surface area contributed by atoms with E-state index in [2.05, 4.69) is 20.8 Å². The molecule has 0 saturated carbocycles. The van der Waals surface area contributed by atoms with Crippen LogP contribution in [-0.2, 0) is 0 Å². The van der Waals surface area contributed by atoms with Crippen LogP contribution in [0.1, 0.15) is 33.1 Å². The smallest absolute Gasteiger partial charge is 0.0436 e. The lowest BCUT2D eigenvalue weighted by Gasteiger charge is -2.21. The maximum atomic E-state index is 8.61. The molecule has 1 heteroatoms. The SMILES string of the molecule is [CH2]CCC(C)(C)CCO. The monoisotopic (exact) mass is 129 g/mol. The molecule has 1 radical (unpaired) electrons. The third kappa shape index (κ3) is 4.46. The Labute approximate surface area is 58.1 Å². The van der Waals surface area contributed by atoms with Crippen LogP contribution >= 0.6 is 0 Å². The summed E-state index contributed by atoms with van der Waals surface area (Å²) in [6.45, 7) is 8.39. The summed E-state index contributed by atoms with van der Waals surface area (Å²) in [5.41, 5.74) is 0.288. The largest absolute Gasteiger partial charge is 0.396 e. The van der Waals surface area contributed by atoms with Gasteiger partial charge in [0.25, 0.3) is 0 Å². The molecule has 0 aromatic heterocycles. The summed E-state index contributed by atoms with van der Waals surface area (Å²) in [6, 6.07) is 0. The molecule has 0 unspecified atom stereocenters. The molecule has 0 heterocycles. The fourth-order valence-electron chi connectivity index (χ4n) is 0.906.